The van der Waals surface area contributed by atoms with Crippen molar-refractivity contribution >= 4 is 34.0 Å². The summed E-state index contributed by atoms with van der Waals surface area (Å²) < 4.78 is 0. The highest BCUT2D eigenvalue weighted by molar-refractivity contribution is 8.27. The SMILES string of the molecule is CC(=O)NC1=N/C(=C\c2cccnc2)C(=O)S1. The Kier molecular flexibility index (Phi) is 3.34. The molecule has 0 saturated heterocycles. The zero-order chi connectivity index (χ0) is 12.3. The van der Waals surface area contributed by atoms with Crippen LogP contribution in [0.5, 0.6) is 0 Å². The summed E-state index contributed by atoms with van der Waals surface area (Å²) in [6.07, 6.45) is 4.92. The Morgan fingerprint density at radius 3 is 3.00 bits per heavy atom. The van der Waals surface area contributed by atoms with Gasteiger partial charge < -0.3 is 5.32 Å². The first kappa shape index (κ1) is 11.5. The van der Waals surface area contributed by atoms with E-state index in [1.54, 1.807) is 24.5 Å². The third-order valence-corrected chi connectivity index (χ3v) is 2.67. The quantitative estimate of drug-likeness (QED) is 0.757. The van der Waals surface area contributed by atoms with E-state index in [1.807, 2.05) is 6.07 Å². The van der Waals surface area contributed by atoms with Crippen LogP contribution in [0, 0.1) is 0 Å². The summed E-state index contributed by atoms with van der Waals surface area (Å²) in [6.45, 7) is 1.37. The number of thioether (sulfide) groups is 1. The molecule has 17 heavy (non-hydrogen) atoms. The van der Waals surface area contributed by atoms with Crippen molar-refractivity contribution in [1.29, 1.82) is 0 Å². The van der Waals surface area contributed by atoms with Crippen molar-refractivity contribution < 1.29 is 9.59 Å². The maximum atomic E-state index is 11.6. The Morgan fingerprint density at radius 2 is 2.35 bits per heavy atom. The van der Waals surface area contributed by atoms with Crippen molar-refractivity contribution in [2.24, 2.45) is 4.99 Å². The number of nitrogens with zero attached hydrogens (tertiary/aromatic N) is 2. The number of nitrogens with one attached hydrogen (secondary N) is 1. The average Bonchev–Trinajstić information content (AvgIpc) is 2.59. The van der Waals surface area contributed by atoms with Gasteiger partial charge in [0.1, 0.15) is 5.70 Å². The first-order valence-corrected chi connectivity index (χ1v) is 5.67. The third-order valence-electron chi connectivity index (χ3n) is 1.89. The lowest BCUT2D eigenvalue weighted by Gasteiger charge is -1.94. The van der Waals surface area contributed by atoms with Gasteiger partial charge in [0.2, 0.25) is 11.0 Å². The molecule has 2 rings (SSSR count). The molecule has 1 amide bonds. The molecule has 0 unspecified atom stereocenters. The second kappa shape index (κ2) is 4.92. The number of aliphatic imine (C=N–C) groups is 1. The molecular formula is C11H9N3O2S. The number of carbonyl (C=O) groups is 2. The molecule has 6 heteroatoms. The number of hydrogen-bond acceptors (Lipinski definition) is 5. The smallest absolute Gasteiger partial charge is 0.245 e. The minimum Gasteiger partial charge on any atom is -0.305 e. The molecule has 1 aliphatic heterocycles. The van der Waals surface area contributed by atoms with E-state index < -0.39 is 0 Å². The summed E-state index contributed by atoms with van der Waals surface area (Å²) in [7, 11) is 0. The molecular weight excluding hydrogens is 238 g/mol. The summed E-state index contributed by atoms with van der Waals surface area (Å²) in [4.78, 5) is 30.4. The van der Waals surface area contributed by atoms with Crippen LogP contribution in [0.2, 0.25) is 0 Å². The van der Waals surface area contributed by atoms with Gasteiger partial charge in [0.15, 0.2) is 5.17 Å². The van der Waals surface area contributed by atoms with Gasteiger partial charge in [0.05, 0.1) is 0 Å². The van der Waals surface area contributed by atoms with Gasteiger partial charge in [0, 0.05) is 19.3 Å². The Balaban J connectivity index is 2.22. The van der Waals surface area contributed by atoms with E-state index >= 15 is 0 Å². The molecule has 5 nitrogen and oxygen atoms in total. The van der Waals surface area contributed by atoms with Crippen LogP contribution >= 0.6 is 11.8 Å². The van der Waals surface area contributed by atoms with Crippen LogP contribution in [0.3, 0.4) is 0 Å². The molecule has 1 aromatic rings. The maximum absolute atomic E-state index is 11.6. The van der Waals surface area contributed by atoms with Gasteiger partial charge in [-0.25, -0.2) is 4.99 Å². The number of rotatable bonds is 1. The Morgan fingerprint density at radius 1 is 1.53 bits per heavy atom. The molecule has 0 fully saturated rings. The van der Waals surface area contributed by atoms with E-state index in [9.17, 15) is 9.59 Å². The predicted octanol–water partition coefficient (Wildman–Crippen LogP) is 1.19. The van der Waals surface area contributed by atoms with Crippen LogP contribution < -0.4 is 5.32 Å². The molecule has 2 heterocycles. The fraction of sp³-hybridized carbons (Fsp3) is 0.0909. The summed E-state index contributed by atoms with van der Waals surface area (Å²) in [5, 5.41) is 2.62. The summed E-state index contributed by atoms with van der Waals surface area (Å²) in [5.41, 5.74) is 1.11. The molecule has 1 aromatic heterocycles. The molecule has 0 bridgehead atoms. The molecule has 1 aliphatic rings. The Hall–Kier alpha value is -1.95. The zero-order valence-electron chi connectivity index (χ0n) is 9.01. The van der Waals surface area contributed by atoms with Crippen LogP contribution in [0.25, 0.3) is 6.08 Å². The van der Waals surface area contributed by atoms with E-state index in [1.165, 1.54) is 6.92 Å². The fourth-order valence-corrected chi connectivity index (χ4v) is 1.96. The molecule has 86 valence electrons. The largest absolute Gasteiger partial charge is 0.305 e. The van der Waals surface area contributed by atoms with Gasteiger partial charge >= 0.3 is 0 Å². The van der Waals surface area contributed by atoms with Crippen LogP contribution in [0.1, 0.15) is 12.5 Å². The number of pyridine rings is 1. The van der Waals surface area contributed by atoms with E-state index in [0.29, 0.717) is 10.9 Å². The summed E-state index contributed by atoms with van der Waals surface area (Å²) >= 11 is 0.912. The lowest BCUT2D eigenvalue weighted by molar-refractivity contribution is -0.117. The van der Waals surface area contributed by atoms with Crippen molar-refractivity contribution in [3.05, 3.63) is 35.8 Å². The van der Waals surface area contributed by atoms with Gasteiger partial charge in [-0.05, 0) is 29.5 Å². The second-order valence-corrected chi connectivity index (χ2v) is 4.27. The number of amides is 1. The Bertz CT molecular complexity index is 523. The molecule has 0 radical (unpaired) electrons. The first-order chi connectivity index (χ1) is 8.15. The number of carbonyl (C=O) groups excluding carboxylic acids is 2. The topological polar surface area (TPSA) is 71.4 Å². The van der Waals surface area contributed by atoms with Crippen molar-refractivity contribution in [3.8, 4) is 0 Å². The van der Waals surface area contributed by atoms with E-state index in [-0.39, 0.29) is 11.0 Å². The monoisotopic (exact) mass is 247 g/mol. The highest BCUT2D eigenvalue weighted by atomic mass is 32.2. The maximum Gasteiger partial charge on any atom is 0.245 e. The molecule has 0 aromatic carbocycles. The zero-order valence-corrected chi connectivity index (χ0v) is 9.82. The number of hydrogen-bond donors (Lipinski definition) is 1. The highest BCUT2D eigenvalue weighted by Gasteiger charge is 2.22. The van der Waals surface area contributed by atoms with Crippen molar-refractivity contribution in [1.82, 2.24) is 10.3 Å². The van der Waals surface area contributed by atoms with Gasteiger partial charge in [-0.15, -0.1) is 0 Å². The van der Waals surface area contributed by atoms with Crippen LogP contribution in [-0.2, 0) is 9.59 Å². The summed E-state index contributed by atoms with van der Waals surface area (Å²) in [6, 6.07) is 3.60. The minimum absolute atomic E-state index is 0.183. The van der Waals surface area contributed by atoms with Crippen molar-refractivity contribution in [3.63, 3.8) is 0 Å². The minimum atomic E-state index is -0.244. The first-order valence-electron chi connectivity index (χ1n) is 4.85. The predicted molar refractivity (Wildman–Crippen MR) is 66.1 cm³/mol. The van der Waals surface area contributed by atoms with E-state index in [2.05, 4.69) is 15.3 Å². The number of amidine groups is 1. The normalized spacial score (nSPS) is 17.1. The van der Waals surface area contributed by atoms with Gasteiger partial charge in [-0.1, -0.05) is 6.07 Å². The van der Waals surface area contributed by atoms with Crippen molar-refractivity contribution in [2.75, 3.05) is 0 Å². The summed E-state index contributed by atoms with van der Waals surface area (Å²) in [5.74, 6) is -0.244. The van der Waals surface area contributed by atoms with Crippen molar-refractivity contribution in [2.45, 2.75) is 6.92 Å². The average molecular weight is 247 g/mol. The highest BCUT2D eigenvalue weighted by Crippen LogP contribution is 2.23. The molecule has 0 spiro atoms. The van der Waals surface area contributed by atoms with Crippen LogP contribution in [0.4, 0.5) is 0 Å². The Labute approximate surface area is 102 Å². The fourth-order valence-electron chi connectivity index (χ4n) is 1.23. The lowest BCUT2D eigenvalue weighted by atomic mass is 10.2. The lowest BCUT2D eigenvalue weighted by Crippen LogP contribution is -2.24. The third kappa shape index (κ3) is 3.01. The second-order valence-electron chi connectivity index (χ2n) is 3.30. The molecule has 1 N–H and O–H groups in total. The van der Waals surface area contributed by atoms with Gasteiger partial charge in [-0.2, -0.15) is 0 Å². The van der Waals surface area contributed by atoms with E-state index in [4.69, 9.17) is 0 Å². The standard InChI is InChI=1S/C11H9N3O2S/c1-7(15)13-11-14-9(10(16)17-11)5-8-3-2-4-12-6-8/h2-6H,1H3,(H,13,14,15)/b9-5-. The van der Waals surface area contributed by atoms with Gasteiger partial charge in [-0.3, -0.25) is 14.6 Å². The molecule has 0 aliphatic carbocycles. The van der Waals surface area contributed by atoms with Gasteiger partial charge in [0.25, 0.3) is 0 Å². The number of aromatic nitrogens is 1. The van der Waals surface area contributed by atoms with Crippen LogP contribution in [-0.4, -0.2) is 21.2 Å². The van der Waals surface area contributed by atoms with Crippen LogP contribution in [0.15, 0.2) is 35.2 Å². The van der Waals surface area contributed by atoms with E-state index in [0.717, 1.165) is 17.3 Å². The molecule has 0 atom stereocenters. The molecule has 0 saturated carbocycles.